The molecule has 0 aromatic rings. The lowest BCUT2D eigenvalue weighted by molar-refractivity contribution is -0.122. The van der Waals surface area contributed by atoms with Gasteiger partial charge in [-0.1, -0.05) is 78.3 Å². The maximum Gasteiger partial charge on any atom is 0.225 e. The minimum absolute atomic E-state index is 0.0126. The highest BCUT2D eigenvalue weighted by atomic mass is 32.2. The summed E-state index contributed by atoms with van der Waals surface area (Å²) in [6.07, 6.45) is 25.8. The Morgan fingerprint density at radius 1 is 1.04 bits per heavy atom. The van der Waals surface area contributed by atoms with Gasteiger partial charge in [-0.2, -0.15) is 0 Å². The van der Waals surface area contributed by atoms with E-state index in [1.54, 1.807) is 0 Å². The van der Waals surface area contributed by atoms with E-state index in [-0.39, 0.29) is 23.9 Å². The number of amides is 2. The standard InChI is InChI=1S/C36H57N5O3S/c1-6-24-41(25-21-36(43)38-30(4)17-16-29(2)3)26-23-37-22-20-35(42)39-34-15-11-14-32(18-19-34)27-31(5)40-45(44)28-33-12-9-7-8-10-13-33/h7-10,12,14,16-19,31,34,37,40H,6,11,13,15,20-28H2,1-5H3,(H,38,43)(H,39,42)/b30-17+. The van der Waals surface area contributed by atoms with Crippen molar-refractivity contribution in [1.29, 1.82) is 0 Å². The molecule has 2 aliphatic carbocycles. The highest BCUT2D eigenvalue weighted by Crippen LogP contribution is 2.16. The van der Waals surface area contributed by atoms with Gasteiger partial charge in [-0.25, -0.2) is 8.93 Å². The molecule has 0 heterocycles. The first-order valence-electron chi connectivity index (χ1n) is 16.5. The normalized spacial score (nSPS) is 18.0. The topological polar surface area (TPSA) is 103 Å². The lowest BCUT2D eigenvalue weighted by Crippen LogP contribution is -2.38. The molecular formula is C36H57N5O3S. The SMILES string of the molecule is CCCN(CCNCCC(=O)NC1C=CC(CC(C)NS(=O)CC2=CC=CC=CC2)=CCC1)CCC(=O)N/C(C)=C/C=C(C)C. The molecule has 0 bridgehead atoms. The van der Waals surface area contributed by atoms with Crippen molar-refractivity contribution in [1.82, 2.24) is 25.6 Å². The molecule has 0 saturated heterocycles. The summed E-state index contributed by atoms with van der Waals surface area (Å²) in [6.45, 7) is 14.0. The van der Waals surface area contributed by atoms with E-state index in [4.69, 9.17) is 0 Å². The van der Waals surface area contributed by atoms with Crippen LogP contribution in [-0.4, -0.2) is 71.5 Å². The second-order valence-corrected chi connectivity index (χ2v) is 13.4. The molecule has 4 N–H and O–H groups in total. The molecular weight excluding hydrogens is 582 g/mol. The zero-order valence-corrected chi connectivity index (χ0v) is 29.0. The van der Waals surface area contributed by atoms with E-state index < -0.39 is 11.0 Å². The molecule has 2 aliphatic rings. The van der Waals surface area contributed by atoms with Crippen LogP contribution in [0, 0.1) is 0 Å². The quantitative estimate of drug-likeness (QED) is 0.107. The van der Waals surface area contributed by atoms with Crippen molar-refractivity contribution >= 4 is 22.8 Å². The van der Waals surface area contributed by atoms with Gasteiger partial charge in [-0.15, -0.1) is 0 Å². The summed E-state index contributed by atoms with van der Waals surface area (Å²) in [5.74, 6) is 0.604. The Kier molecular flexibility index (Phi) is 19.3. The van der Waals surface area contributed by atoms with Crippen molar-refractivity contribution in [2.24, 2.45) is 0 Å². The second-order valence-electron chi connectivity index (χ2n) is 12.2. The van der Waals surface area contributed by atoms with Gasteiger partial charge in [0.05, 0.1) is 16.7 Å². The number of hydrogen-bond donors (Lipinski definition) is 4. The Hall–Kier alpha value is -2.85. The predicted molar refractivity (Wildman–Crippen MR) is 190 cm³/mol. The largest absolute Gasteiger partial charge is 0.350 e. The van der Waals surface area contributed by atoms with E-state index in [1.165, 1.54) is 11.1 Å². The lowest BCUT2D eigenvalue weighted by atomic mass is 10.1. The Balaban J connectivity index is 1.63. The number of allylic oxidation sites excluding steroid dienone is 11. The molecule has 0 spiro atoms. The molecule has 45 heavy (non-hydrogen) atoms. The van der Waals surface area contributed by atoms with Crippen LogP contribution in [0.5, 0.6) is 0 Å². The van der Waals surface area contributed by atoms with Gasteiger partial charge in [0.25, 0.3) is 0 Å². The van der Waals surface area contributed by atoms with Crippen LogP contribution in [-0.2, 0) is 20.6 Å². The zero-order valence-electron chi connectivity index (χ0n) is 28.2. The molecule has 0 aromatic carbocycles. The first-order valence-corrected chi connectivity index (χ1v) is 17.8. The third kappa shape index (κ3) is 18.7. The number of nitrogens with one attached hydrogen (secondary N) is 4. The van der Waals surface area contributed by atoms with Crippen LogP contribution in [0.25, 0.3) is 0 Å². The van der Waals surface area contributed by atoms with Gasteiger partial charge in [-0.3, -0.25) is 9.59 Å². The minimum Gasteiger partial charge on any atom is -0.350 e. The van der Waals surface area contributed by atoms with E-state index >= 15 is 0 Å². The molecule has 3 atom stereocenters. The van der Waals surface area contributed by atoms with E-state index in [0.717, 1.165) is 63.0 Å². The van der Waals surface area contributed by atoms with E-state index in [1.807, 2.05) is 57.2 Å². The number of nitrogens with zero attached hydrogens (tertiary/aromatic N) is 1. The summed E-state index contributed by atoms with van der Waals surface area (Å²) in [4.78, 5) is 27.2. The van der Waals surface area contributed by atoms with Gasteiger partial charge in [-0.05, 0) is 72.4 Å². The lowest BCUT2D eigenvalue weighted by Gasteiger charge is -2.21. The molecule has 0 aromatic heterocycles. The second kappa shape index (κ2) is 22.6. The van der Waals surface area contributed by atoms with E-state index in [2.05, 4.69) is 63.7 Å². The third-order valence-corrected chi connectivity index (χ3v) is 8.66. The van der Waals surface area contributed by atoms with Gasteiger partial charge in [0.2, 0.25) is 11.8 Å². The Labute approximate surface area is 274 Å². The molecule has 8 nitrogen and oxygen atoms in total. The van der Waals surface area contributed by atoms with Crippen LogP contribution >= 0.6 is 0 Å². The zero-order chi connectivity index (χ0) is 32.9. The van der Waals surface area contributed by atoms with Gasteiger partial charge >= 0.3 is 0 Å². The molecule has 0 fully saturated rings. The third-order valence-electron chi connectivity index (χ3n) is 7.37. The fourth-order valence-corrected chi connectivity index (χ4v) is 6.22. The fourth-order valence-electron chi connectivity index (χ4n) is 5.05. The number of carbonyl (C=O) groups excluding carboxylic acids is 2. The van der Waals surface area contributed by atoms with Gasteiger partial charge in [0, 0.05) is 56.8 Å². The van der Waals surface area contributed by atoms with Crippen molar-refractivity contribution < 1.29 is 13.8 Å². The molecule has 3 unspecified atom stereocenters. The monoisotopic (exact) mass is 639 g/mol. The van der Waals surface area contributed by atoms with Crippen molar-refractivity contribution in [3.05, 3.63) is 83.2 Å². The summed E-state index contributed by atoms with van der Waals surface area (Å²) >= 11 is 0. The molecule has 9 heteroatoms. The van der Waals surface area contributed by atoms with Crippen LogP contribution in [0.15, 0.2) is 83.2 Å². The summed E-state index contributed by atoms with van der Waals surface area (Å²) < 4.78 is 15.9. The van der Waals surface area contributed by atoms with Crippen LogP contribution in [0.4, 0.5) is 0 Å². The van der Waals surface area contributed by atoms with Crippen molar-refractivity contribution in [2.45, 2.75) is 91.6 Å². The first-order chi connectivity index (χ1) is 21.6. The van der Waals surface area contributed by atoms with Crippen molar-refractivity contribution in [2.75, 3.05) is 38.5 Å². The Morgan fingerprint density at radius 3 is 2.64 bits per heavy atom. The molecule has 0 saturated carbocycles. The molecule has 0 radical (unpaired) electrons. The van der Waals surface area contributed by atoms with Gasteiger partial charge in [0.15, 0.2) is 0 Å². The smallest absolute Gasteiger partial charge is 0.225 e. The van der Waals surface area contributed by atoms with Crippen molar-refractivity contribution in [3.63, 3.8) is 0 Å². The number of hydrogen-bond acceptors (Lipinski definition) is 5. The predicted octanol–water partition coefficient (Wildman–Crippen LogP) is 5.29. The molecule has 2 amide bonds. The van der Waals surface area contributed by atoms with E-state index in [9.17, 15) is 13.8 Å². The summed E-state index contributed by atoms with van der Waals surface area (Å²) in [6, 6.07) is 0.0967. The van der Waals surface area contributed by atoms with Crippen LogP contribution in [0.1, 0.15) is 79.6 Å². The summed E-state index contributed by atoms with van der Waals surface area (Å²) in [7, 11) is -1.12. The summed E-state index contributed by atoms with van der Waals surface area (Å²) in [5, 5.41) is 9.50. The minimum atomic E-state index is -1.12. The van der Waals surface area contributed by atoms with Crippen LogP contribution in [0.2, 0.25) is 0 Å². The molecule has 0 aliphatic heterocycles. The van der Waals surface area contributed by atoms with Crippen molar-refractivity contribution in [3.8, 4) is 0 Å². The molecule has 2 rings (SSSR count). The Bertz CT molecular complexity index is 1180. The average molecular weight is 640 g/mol. The Morgan fingerprint density at radius 2 is 1.87 bits per heavy atom. The van der Waals surface area contributed by atoms with E-state index in [0.29, 0.717) is 31.7 Å². The van der Waals surface area contributed by atoms with Gasteiger partial charge in [0.1, 0.15) is 0 Å². The highest BCUT2D eigenvalue weighted by molar-refractivity contribution is 7.83. The van der Waals surface area contributed by atoms with Gasteiger partial charge < -0.3 is 20.9 Å². The average Bonchev–Trinajstić information content (AvgIpc) is 3.37. The first kappa shape index (κ1) is 38.3. The van der Waals surface area contributed by atoms with Crippen LogP contribution < -0.4 is 20.7 Å². The summed E-state index contributed by atoms with van der Waals surface area (Å²) in [5.41, 5.74) is 4.41. The number of carbonyl (C=O) groups is 2. The maximum atomic E-state index is 12.6. The maximum absolute atomic E-state index is 12.6. The molecule has 250 valence electrons. The number of rotatable bonds is 20. The fraction of sp³-hybridized carbons (Fsp3) is 0.556. The highest BCUT2D eigenvalue weighted by Gasteiger charge is 2.14. The van der Waals surface area contributed by atoms with Crippen LogP contribution in [0.3, 0.4) is 0 Å².